The molecule has 4 nitrogen and oxygen atoms in total. The van der Waals surface area contributed by atoms with Gasteiger partial charge in [0, 0.05) is 25.3 Å². The van der Waals surface area contributed by atoms with Crippen molar-refractivity contribution in [3.05, 3.63) is 12.4 Å². The molecule has 0 bridgehead atoms. The molecule has 1 aliphatic heterocycles. The van der Waals surface area contributed by atoms with Gasteiger partial charge in [0.05, 0.1) is 12.2 Å². The molecule has 0 radical (unpaired) electrons. The van der Waals surface area contributed by atoms with Gasteiger partial charge in [-0.05, 0) is 19.3 Å². The van der Waals surface area contributed by atoms with E-state index in [1.54, 1.807) is 6.20 Å². The van der Waals surface area contributed by atoms with E-state index < -0.39 is 0 Å². The minimum Gasteiger partial charge on any atom is -0.298 e. The summed E-state index contributed by atoms with van der Waals surface area (Å²) in [6.07, 6.45) is 10.7. The molecule has 0 spiro atoms. The van der Waals surface area contributed by atoms with Crippen LogP contribution in [0.2, 0.25) is 0 Å². The lowest BCUT2D eigenvalue weighted by molar-refractivity contribution is 0.235. The second kappa shape index (κ2) is 3.93. The van der Waals surface area contributed by atoms with Gasteiger partial charge in [-0.1, -0.05) is 18.1 Å². The normalized spacial score (nSPS) is 28.9. The average molecular weight is 206 g/mol. The molecule has 2 heterocycles. The van der Waals surface area contributed by atoms with Crippen LogP contribution in [0.5, 0.6) is 0 Å². The summed E-state index contributed by atoms with van der Waals surface area (Å²) in [5.74, 6) is 0. The Morgan fingerprint density at radius 2 is 1.93 bits per heavy atom. The van der Waals surface area contributed by atoms with Crippen molar-refractivity contribution in [3.63, 3.8) is 0 Å². The van der Waals surface area contributed by atoms with E-state index in [0.717, 1.165) is 6.04 Å². The molecule has 15 heavy (non-hydrogen) atoms. The quantitative estimate of drug-likeness (QED) is 0.734. The van der Waals surface area contributed by atoms with Gasteiger partial charge >= 0.3 is 0 Å². The molecule has 1 aliphatic carbocycles. The lowest BCUT2D eigenvalue weighted by Gasteiger charge is -2.23. The molecule has 1 aromatic heterocycles. The van der Waals surface area contributed by atoms with E-state index in [4.69, 9.17) is 0 Å². The van der Waals surface area contributed by atoms with Crippen LogP contribution >= 0.6 is 0 Å². The SMILES string of the molecule is c1cn(C2CCN(C3CCCC3)C2)nn1. The van der Waals surface area contributed by atoms with E-state index in [9.17, 15) is 0 Å². The lowest BCUT2D eigenvalue weighted by atomic mass is 10.2. The predicted molar refractivity (Wildman–Crippen MR) is 57.5 cm³/mol. The first-order valence-electron chi connectivity index (χ1n) is 6.03. The highest BCUT2D eigenvalue weighted by Crippen LogP contribution is 2.29. The highest BCUT2D eigenvalue weighted by atomic mass is 15.4. The van der Waals surface area contributed by atoms with Crippen LogP contribution in [0.3, 0.4) is 0 Å². The average Bonchev–Trinajstić information content (AvgIpc) is 3.02. The molecule has 1 saturated heterocycles. The van der Waals surface area contributed by atoms with Gasteiger partial charge in [-0.25, -0.2) is 4.68 Å². The molecule has 1 unspecified atom stereocenters. The Bertz CT molecular complexity index is 302. The Balaban J connectivity index is 1.63. The van der Waals surface area contributed by atoms with E-state index in [1.807, 2.05) is 10.9 Å². The van der Waals surface area contributed by atoms with Crippen molar-refractivity contribution in [2.24, 2.45) is 0 Å². The van der Waals surface area contributed by atoms with E-state index in [-0.39, 0.29) is 0 Å². The van der Waals surface area contributed by atoms with Crippen molar-refractivity contribution in [3.8, 4) is 0 Å². The van der Waals surface area contributed by atoms with Crippen molar-refractivity contribution in [1.82, 2.24) is 19.9 Å². The van der Waals surface area contributed by atoms with Crippen molar-refractivity contribution >= 4 is 0 Å². The number of nitrogens with zero attached hydrogens (tertiary/aromatic N) is 4. The first-order valence-corrected chi connectivity index (χ1v) is 6.03. The maximum Gasteiger partial charge on any atom is 0.0693 e. The second-order valence-corrected chi connectivity index (χ2v) is 4.76. The summed E-state index contributed by atoms with van der Waals surface area (Å²) in [5.41, 5.74) is 0. The van der Waals surface area contributed by atoms with Gasteiger partial charge in [-0.2, -0.15) is 0 Å². The smallest absolute Gasteiger partial charge is 0.0693 e. The van der Waals surface area contributed by atoms with Gasteiger partial charge in [-0.15, -0.1) is 5.10 Å². The van der Waals surface area contributed by atoms with Crippen LogP contribution in [-0.4, -0.2) is 39.0 Å². The Morgan fingerprint density at radius 3 is 2.67 bits per heavy atom. The molecule has 0 aromatic carbocycles. The van der Waals surface area contributed by atoms with Crippen LogP contribution in [-0.2, 0) is 0 Å². The fourth-order valence-electron chi connectivity index (χ4n) is 3.00. The van der Waals surface area contributed by atoms with E-state index in [2.05, 4.69) is 15.2 Å². The van der Waals surface area contributed by atoms with Gasteiger partial charge in [-0.3, -0.25) is 4.90 Å². The predicted octanol–water partition coefficient (Wildman–Crippen LogP) is 1.47. The van der Waals surface area contributed by atoms with Crippen LogP contribution < -0.4 is 0 Å². The molecule has 1 atom stereocenters. The Morgan fingerprint density at radius 1 is 1.07 bits per heavy atom. The summed E-state index contributed by atoms with van der Waals surface area (Å²) >= 11 is 0. The first kappa shape index (κ1) is 9.33. The highest BCUT2D eigenvalue weighted by Gasteiger charge is 2.30. The molecular weight excluding hydrogens is 188 g/mol. The van der Waals surface area contributed by atoms with Crippen LogP contribution in [0.15, 0.2) is 12.4 Å². The lowest BCUT2D eigenvalue weighted by Crippen LogP contribution is -2.31. The zero-order chi connectivity index (χ0) is 10.1. The maximum atomic E-state index is 4.10. The monoisotopic (exact) mass is 206 g/mol. The van der Waals surface area contributed by atoms with Gasteiger partial charge < -0.3 is 0 Å². The van der Waals surface area contributed by atoms with Gasteiger partial charge in [0.15, 0.2) is 0 Å². The van der Waals surface area contributed by atoms with E-state index >= 15 is 0 Å². The summed E-state index contributed by atoms with van der Waals surface area (Å²) < 4.78 is 2.02. The topological polar surface area (TPSA) is 34.0 Å². The molecule has 0 amide bonds. The van der Waals surface area contributed by atoms with E-state index in [0.29, 0.717) is 6.04 Å². The van der Waals surface area contributed by atoms with Crippen molar-refractivity contribution in [2.45, 2.75) is 44.2 Å². The molecule has 4 heteroatoms. The van der Waals surface area contributed by atoms with Crippen molar-refractivity contribution in [2.75, 3.05) is 13.1 Å². The third-order valence-electron chi connectivity index (χ3n) is 3.85. The van der Waals surface area contributed by atoms with Crippen LogP contribution in [0.4, 0.5) is 0 Å². The molecule has 2 fully saturated rings. The molecule has 0 N–H and O–H groups in total. The van der Waals surface area contributed by atoms with Crippen LogP contribution in [0, 0.1) is 0 Å². The van der Waals surface area contributed by atoms with Crippen molar-refractivity contribution < 1.29 is 0 Å². The van der Waals surface area contributed by atoms with Crippen molar-refractivity contribution in [1.29, 1.82) is 0 Å². The second-order valence-electron chi connectivity index (χ2n) is 4.76. The summed E-state index contributed by atoms with van der Waals surface area (Å²) in [6.45, 7) is 2.42. The van der Waals surface area contributed by atoms with Crippen LogP contribution in [0.1, 0.15) is 38.1 Å². The summed E-state index contributed by atoms with van der Waals surface area (Å²) in [6, 6.07) is 1.42. The molecule has 1 saturated carbocycles. The molecule has 82 valence electrons. The summed E-state index contributed by atoms with van der Waals surface area (Å²) in [7, 11) is 0. The Labute approximate surface area is 90.3 Å². The Hall–Kier alpha value is -0.900. The van der Waals surface area contributed by atoms with Gasteiger partial charge in [0.1, 0.15) is 0 Å². The summed E-state index contributed by atoms with van der Waals surface area (Å²) in [5, 5.41) is 7.98. The first-order chi connectivity index (χ1) is 7.43. The molecule has 1 aromatic rings. The van der Waals surface area contributed by atoms with E-state index in [1.165, 1.54) is 45.2 Å². The van der Waals surface area contributed by atoms with Gasteiger partial charge in [0.2, 0.25) is 0 Å². The summed E-state index contributed by atoms with van der Waals surface area (Å²) in [4.78, 5) is 2.65. The standard InChI is InChI=1S/C11H18N4/c1-2-4-10(3-1)14-7-5-11(9-14)15-8-6-12-13-15/h6,8,10-11H,1-5,7,9H2. The number of hydrogen-bond donors (Lipinski definition) is 0. The fraction of sp³-hybridized carbons (Fsp3) is 0.818. The molecule has 3 rings (SSSR count). The minimum absolute atomic E-state index is 0.563. The number of likely N-dealkylation sites (tertiary alicyclic amines) is 1. The third-order valence-corrected chi connectivity index (χ3v) is 3.85. The molecular formula is C11H18N4. The number of hydrogen-bond acceptors (Lipinski definition) is 3. The third kappa shape index (κ3) is 1.78. The zero-order valence-electron chi connectivity index (χ0n) is 9.05. The minimum atomic E-state index is 0.563. The highest BCUT2D eigenvalue weighted by molar-refractivity contribution is 4.87. The zero-order valence-corrected chi connectivity index (χ0v) is 9.05. The largest absolute Gasteiger partial charge is 0.298 e. The fourth-order valence-corrected chi connectivity index (χ4v) is 3.00. The number of aromatic nitrogens is 3. The molecule has 2 aliphatic rings. The Kier molecular flexibility index (Phi) is 2.44. The number of rotatable bonds is 2. The maximum absolute atomic E-state index is 4.10. The van der Waals surface area contributed by atoms with Gasteiger partial charge in [0.25, 0.3) is 0 Å². The van der Waals surface area contributed by atoms with Crippen LogP contribution in [0.25, 0.3) is 0 Å².